The summed E-state index contributed by atoms with van der Waals surface area (Å²) in [5, 5.41) is 0. The summed E-state index contributed by atoms with van der Waals surface area (Å²) in [6, 6.07) is 3.93. The lowest BCUT2D eigenvalue weighted by atomic mass is 10.1. The van der Waals surface area contributed by atoms with E-state index in [2.05, 4.69) is 4.98 Å². The van der Waals surface area contributed by atoms with E-state index in [4.69, 9.17) is 0 Å². The summed E-state index contributed by atoms with van der Waals surface area (Å²) in [4.78, 5) is 6.34. The molecule has 0 N–H and O–H groups in total. The molecule has 14 heavy (non-hydrogen) atoms. The molecular weight excluding hydrogens is 179 g/mol. The zero-order valence-corrected chi connectivity index (χ0v) is 8.41. The molecule has 0 aliphatic carbocycles. The minimum atomic E-state index is -0.690. The fraction of sp³-hybridized carbons (Fsp3) is 0.545. The van der Waals surface area contributed by atoms with Crippen LogP contribution in [0.5, 0.6) is 0 Å². The molecule has 1 aromatic rings. The Kier molecular flexibility index (Phi) is 2.66. The van der Waals surface area contributed by atoms with E-state index in [1.807, 2.05) is 24.0 Å². The first-order chi connectivity index (χ1) is 6.77. The van der Waals surface area contributed by atoms with E-state index in [1.165, 1.54) is 0 Å². The Morgan fingerprint density at radius 2 is 2.43 bits per heavy atom. The third-order valence-electron chi connectivity index (χ3n) is 2.65. The van der Waals surface area contributed by atoms with Gasteiger partial charge >= 0.3 is 0 Å². The van der Waals surface area contributed by atoms with Crippen LogP contribution in [0.25, 0.3) is 0 Å². The molecule has 1 aliphatic rings. The van der Waals surface area contributed by atoms with Crippen molar-refractivity contribution in [1.29, 1.82) is 0 Å². The summed E-state index contributed by atoms with van der Waals surface area (Å²) in [7, 11) is 0. The Labute approximate surface area is 83.8 Å². The third-order valence-corrected chi connectivity index (χ3v) is 2.65. The highest BCUT2D eigenvalue weighted by Gasteiger charge is 2.20. The zero-order valence-electron chi connectivity index (χ0n) is 8.41. The SMILES string of the molecule is Cc1cccnc1N1CCCC(F)C1. The molecule has 1 aliphatic heterocycles. The van der Waals surface area contributed by atoms with Crippen molar-refractivity contribution in [1.82, 2.24) is 4.98 Å². The molecule has 2 rings (SSSR count). The number of alkyl halides is 1. The van der Waals surface area contributed by atoms with Crippen molar-refractivity contribution in [3.8, 4) is 0 Å². The molecule has 1 unspecified atom stereocenters. The largest absolute Gasteiger partial charge is 0.353 e. The second kappa shape index (κ2) is 3.95. The van der Waals surface area contributed by atoms with Crippen molar-refractivity contribution in [2.24, 2.45) is 0 Å². The van der Waals surface area contributed by atoms with E-state index in [1.54, 1.807) is 6.20 Å². The first kappa shape index (κ1) is 9.44. The van der Waals surface area contributed by atoms with Gasteiger partial charge in [-0.05, 0) is 31.4 Å². The maximum absolute atomic E-state index is 13.2. The van der Waals surface area contributed by atoms with Crippen LogP contribution in [0.1, 0.15) is 18.4 Å². The number of aryl methyl sites for hydroxylation is 1. The number of nitrogens with zero attached hydrogens (tertiary/aromatic N) is 2. The zero-order chi connectivity index (χ0) is 9.97. The van der Waals surface area contributed by atoms with Gasteiger partial charge in [0.1, 0.15) is 12.0 Å². The van der Waals surface area contributed by atoms with Gasteiger partial charge in [-0.1, -0.05) is 6.07 Å². The van der Waals surface area contributed by atoms with E-state index in [0.29, 0.717) is 13.0 Å². The standard InChI is InChI=1S/C11H15FN2/c1-9-4-2-6-13-11(9)14-7-3-5-10(12)8-14/h2,4,6,10H,3,5,7-8H2,1H3. The predicted molar refractivity (Wildman–Crippen MR) is 55.3 cm³/mol. The van der Waals surface area contributed by atoms with E-state index >= 15 is 0 Å². The number of rotatable bonds is 1. The predicted octanol–water partition coefficient (Wildman–Crippen LogP) is 2.33. The smallest absolute Gasteiger partial charge is 0.131 e. The Morgan fingerprint density at radius 1 is 1.57 bits per heavy atom. The number of pyridine rings is 1. The molecule has 0 saturated carbocycles. The van der Waals surface area contributed by atoms with Crippen LogP contribution in [-0.2, 0) is 0 Å². The van der Waals surface area contributed by atoms with Crippen LogP contribution >= 0.6 is 0 Å². The monoisotopic (exact) mass is 194 g/mol. The molecule has 0 bridgehead atoms. The Hall–Kier alpha value is -1.12. The van der Waals surface area contributed by atoms with Gasteiger partial charge in [0.05, 0.1) is 6.54 Å². The number of piperidine rings is 1. The molecule has 1 saturated heterocycles. The Morgan fingerprint density at radius 3 is 3.14 bits per heavy atom. The van der Waals surface area contributed by atoms with Crippen LogP contribution in [-0.4, -0.2) is 24.2 Å². The molecule has 1 fully saturated rings. The van der Waals surface area contributed by atoms with Crippen molar-refractivity contribution < 1.29 is 4.39 Å². The van der Waals surface area contributed by atoms with Gasteiger partial charge in [0, 0.05) is 12.7 Å². The van der Waals surface area contributed by atoms with Gasteiger partial charge in [0.2, 0.25) is 0 Å². The van der Waals surface area contributed by atoms with Crippen LogP contribution in [0.3, 0.4) is 0 Å². The second-order valence-corrected chi connectivity index (χ2v) is 3.83. The molecule has 2 nitrogen and oxygen atoms in total. The highest BCUT2D eigenvalue weighted by atomic mass is 19.1. The van der Waals surface area contributed by atoms with Crippen LogP contribution in [0.4, 0.5) is 10.2 Å². The van der Waals surface area contributed by atoms with Crippen LogP contribution in [0.2, 0.25) is 0 Å². The number of aromatic nitrogens is 1. The minimum Gasteiger partial charge on any atom is -0.353 e. The number of hydrogen-bond donors (Lipinski definition) is 0. The molecule has 0 amide bonds. The maximum Gasteiger partial charge on any atom is 0.131 e. The second-order valence-electron chi connectivity index (χ2n) is 3.83. The van der Waals surface area contributed by atoms with Crippen molar-refractivity contribution in [2.75, 3.05) is 18.0 Å². The molecule has 0 spiro atoms. The van der Waals surface area contributed by atoms with Crippen molar-refractivity contribution in [3.05, 3.63) is 23.9 Å². The fourth-order valence-electron chi connectivity index (χ4n) is 1.93. The van der Waals surface area contributed by atoms with E-state index in [0.717, 1.165) is 24.3 Å². The van der Waals surface area contributed by atoms with Crippen molar-refractivity contribution >= 4 is 5.82 Å². The van der Waals surface area contributed by atoms with E-state index < -0.39 is 6.17 Å². The Bertz CT molecular complexity index is 314. The molecule has 2 heterocycles. The lowest BCUT2D eigenvalue weighted by Gasteiger charge is -2.30. The van der Waals surface area contributed by atoms with Crippen molar-refractivity contribution in [2.45, 2.75) is 25.9 Å². The summed E-state index contributed by atoms with van der Waals surface area (Å²) in [6.07, 6.45) is 2.70. The van der Waals surface area contributed by atoms with Crippen LogP contribution in [0, 0.1) is 6.92 Å². The normalized spacial score (nSPS) is 22.4. The van der Waals surface area contributed by atoms with Gasteiger partial charge in [0.25, 0.3) is 0 Å². The minimum absolute atomic E-state index is 0.498. The highest BCUT2D eigenvalue weighted by Crippen LogP contribution is 2.21. The van der Waals surface area contributed by atoms with Gasteiger partial charge < -0.3 is 4.90 Å². The molecular formula is C11H15FN2. The molecule has 0 radical (unpaired) electrons. The molecule has 1 aromatic heterocycles. The summed E-state index contributed by atoms with van der Waals surface area (Å²) < 4.78 is 13.2. The molecule has 1 atom stereocenters. The lowest BCUT2D eigenvalue weighted by Crippen LogP contribution is -2.37. The van der Waals surface area contributed by atoms with Crippen molar-refractivity contribution in [3.63, 3.8) is 0 Å². The molecule has 0 aromatic carbocycles. The Balaban J connectivity index is 2.18. The average Bonchev–Trinajstić information content (AvgIpc) is 2.18. The quantitative estimate of drug-likeness (QED) is 0.682. The topological polar surface area (TPSA) is 16.1 Å². The third kappa shape index (κ3) is 1.86. The van der Waals surface area contributed by atoms with Gasteiger partial charge in [-0.25, -0.2) is 9.37 Å². The average molecular weight is 194 g/mol. The fourth-order valence-corrected chi connectivity index (χ4v) is 1.93. The van der Waals surface area contributed by atoms with Crippen LogP contribution < -0.4 is 4.90 Å². The van der Waals surface area contributed by atoms with Gasteiger partial charge in [-0.2, -0.15) is 0 Å². The molecule has 3 heteroatoms. The number of halogens is 1. The van der Waals surface area contributed by atoms with Gasteiger partial charge in [-0.15, -0.1) is 0 Å². The van der Waals surface area contributed by atoms with E-state index in [9.17, 15) is 4.39 Å². The van der Waals surface area contributed by atoms with Gasteiger partial charge in [-0.3, -0.25) is 0 Å². The maximum atomic E-state index is 13.2. The highest BCUT2D eigenvalue weighted by molar-refractivity contribution is 5.46. The lowest BCUT2D eigenvalue weighted by molar-refractivity contribution is 0.286. The first-order valence-electron chi connectivity index (χ1n) is 5.08. The summed E-state index contributed by atoms with van der Waals surface area (Å²) >= 11 is 0. The summed E-state index contributed by atoms with van der Waals surface area (Å²) in [5.74, 6) is 0.940. The number of anilines is 1. The summed E-state index contributed by atoms with van der Waals surface area (Å²) in [5.41, 5.74) is 1.13. The van der Waals surface area contributed by atoms with Crippen LogP contribution in [0.15, 0.2) is 18.3 Å². The molecule has 76 valence electrons. The van der Waals surface area contributed by atoms with E-state index in [-0.39, 0.29) is 0 Å². The summed E-state index contributed by atoms with van der Waals surface area (Å²) in [6.45, 7) is 3.44. The first-order valence-corrected chi connectivity index (χ1v) is 5.08. The van der Waals surface area contributed by atoms with Gasteiger partial charge in [0.15, 0.2) is 0 Å². The number of hydrogen-bond acceptors (Lipinski definition) is 2.